The van der Waals surface area contributed by atoms with Gasteiger partial charge in [-0.05, 0) is 43.0 Å². The molecule has 0 heterocycles. The molecule has 1 aromatic carbocycles. The van der Waals surface area contributed by atoms with Crippen LogP contribution in [0.5, 0.6) is 0 Å². The third-order valence-electron chi connectivity index (χ3n) is 3.65. The van der Waals surface area contributed by atoms with Crippen LogP contribution >= 0.6 is 11.6 Å². The van der Waals surface area contributed by atoms with E-state index in [-0.39, 0.29) is 12.3 Å². The molecule has 20 heavy (non-hydrogen) atoms. The zero-order valence-corrected chi connectivity index (χ0v) is 12.8. The summed E-state index contributed by atoms with van der Waals surface area (Å²) in [4.78, 5) is 23.4. The molecule has 0 saturated carbocycles. The molecule has 0 aliphatic carbocycles. The van der Waals surface area contributed by atoms with Gasteiger partial charge in [-0.1, -0.05) is 31.5 Å². The lowest BCUT2D eigenvalue weighted by Crippen LogP contribution is -2.54. The fourth-order valence-electron chi connectivity index (χ4n) is 2.12. The number of halogens is 1. The smallest absolute Gasteiger partial charge is 0.329 e. The first-order valence-electron chi connectivity index (χ1n) is 6.64. The van der Waals surface area contributed by atoms with E-state index in [2.05, 4.69) is 5.32 Å². The molecule has 1 aromatic rings. The predicted molar refractivity (Wildman–Crippen MR) is 79.0 cm³/mol. The van der Waals surface area contributed by atoms with Gasteiger partial charge in [-0.25, -0.2) is 4.79 Å². The Morgan fingerprint density at radius 3 is 2.35 bits per heavy atom. The van der Waals surface area contributed by atoms with Gasteiger partial charge in [0, 0.05) is 5.02 Å². The maximum Gasteiger partial charge on any atom is 0.329 e. The number of hydrogen-bond acceptors (Lipinski definition) is 2. The van der Waals surface area contributed by atoms with Crippen molar-refractivity contribution in [2.75, 3.05) is 0 Å². The molecule has 0 fully saturated rings. The van der Waals surface area contributed by atoms with Crippen LogP contribution in [0.1, 0.15) is 37.8 Å². The van der Waals surface area contributed by atoms with Crippen LogP contribution in [0, 0.1) is 6.92 Å². The number of aryl methyl sites for hydroxylation is 1. The molecule has 0 spiro atoms. The number of benzene rings is 1. The molecule has 1 rings (SSSR count). The molecule has 0 aliphatic heterocycles. The van der Waals surface area contributed by atoms with Crippen LogP contribution in [0.25, 0.3) is 0 Å². The Bertz CT molecular complexity index is 510. The van der Waals surface area contributed by atoms with Gasteiger partial charge in [0.1, 0.15) is 5.54 Å². The van der Waals surface area contributed by atoms with Gasteiger partial charge in [-0.2, -0.15) is 0 Å². The molecule has 0 bridgehead atoms. The number of aliphatic carboxylic acids is 1. The Morgan fingerprint density at radius 1 is 1.30 bits per heavy atom. The highest BCUT2D eigenvalue weighted by Crippen LogP contribution is 2.18. The summed E-state index contributed by atoms with van der Waals surface area (Å²) in [5.74, 6) is -1.29. The summed E-state index contributed by atoms with van der Waals surface area (Å²) in [6, 6.07) is 5.30. The molecular weight excluding hydrogens is 278 g/mol. The second-order valence-corrected chi connectivity index (χ2v) is 5.33. The van der Waals surface area contributed by atoms with Crippen molar-refractivity contribution in [2.24, 2.45) is 0 Å². The molecule has 4 nitrogen and oxygen atoms in total. The van der Waals surface area contributed by atoms with Crippen LogP contribution in [0.4, 0.5) is 0 Å². The first-order valence-corrected chi connectivity index (χ1v) is 7.02. The van der Waals surface area contributed by atoms with Crippen LogP contribution in [-0.2, 0) is 16.0 Å². The standard InChI is InChI=1S/C15H20ClNO3/c1-4-15(5-2,14(19)20)17-13(18)9-11-6-7-12(16)8-10(11)3/h6-8H,4-5,9H2,1-3H3,(H,17,18)(H,19,20). The lowest BCUT2D eigenvalue weighted by atomic mass is 9.92. The average Bonchev–Trinajstić information content (AvgIpc) is 2.39. The predicted octanol–water partition coefficient (Wildman–Crippen LogP) is 2.95. The largest absolute Gasteiger partial charge is 0.480 e. The van der Waals surface area contributed by atoms with Gasteiger partial charge in [0.15, 0.2) is 0 Å². The minimum Gasteiger partial charge on any atom is -0.480 e. The molecule has 110 valence electrons. The highest BCUT2D eigenvalue weighted by molar-refractivity contribution is 6.30. The van der Waals surface area contributed by atoms with Gasteiger partial charge < -0.3 is 10.4 Å². The number of carboxylic acid groups (broad SMARTS) is 1. The quantitative estimate of drug-likeness (QED) is 0.848. The second-order valence-electron chi connectivity index (χ2n) is 4.89. The summed E-state index contributed by atoms with van der Waals surface area (Å²) in [6.07, 6.45) is 0.854. The Labute approximate surface area is 124 Å². The van der Waals surface area contributed by atoms with Crippen LogP contribution in [0.2, 0.25) is 5.02 Å². The maximum absolute atomic E-state index is 12.1. The lowest BCUT2D eigenvalue weighted by Gasteiger charge is -2.28. The van der Waals surface area contributed by atoms with Crippen molar-refractivity contribution in [2.45, 2.75) is 45.6 Å². The first kappa shape index (κ1) is 16.5. The monoisotopic (exact) mass is 297 g/mol. The molecule has 0 saturated heterocycles. The zero-order valence-electron chi connectivity index (χ0n) is 12.0. The normalized spacial score (nSPS) is 11.2. The molecule has 1 amide bonds. The Kier molecular flexibility index (Phi) is 5.57. The summed E-state index contributed by atoms with van der Waals surface area (Å²) >= 11 is 5.87. The van der Waals surface area contributed by atoms with Crippen molar-refractivity contribution in [3.8, 4) is 0 Å². The molecule has 0 atom stereocenters. The van der Waals surface area contributed by atoms with E-state index >= 15 is 0 Å². The molecule has 5 heteroatoms. The Hall–Kier alpha value is -1.55. The van der Waals surface area contributed by atoms with Gasteiger partial charge in [0.25, 0.3) is 0 Å². The van der Waals surface area contributed by atoms with Gasteiger partial charge in [-0.15, -0.1) is 0 Å². The maximum atomic E-state index is 12.1. The van der Waals surface area contributed by atoms with E-state index in [1.165, 1.54) is 0 Å². The summed E-state index contributed by atoms with van der Waals surface area (Å²) in [7, 11) is 0. The van der Waals surface area contributed by atoms with E-state index in [9.17, 15) is 14.7 Å². The first-order chi connectivity index (χ1) is 9.34. The van der Waals surface area contributed by atoms with Crippen LogP contribution in [-0.4, -0.2) is 22.5 Å². The third kappa shape index (κ3) is 3.73. The van der Waals surface area contributed by atoms with Gasteiger partial charge in [-0.3, -0.25) is 4.79 Å². The fraction of sp³-hybridized carbons (Fsp3) is 0.467. The topological polar surface area (TPSA) is 66.4 Å². The number of carbonyl (C=O) groups is 2. The van der Waals surface area contributed by atoms with E-state index < -0.39 is 11.5 Å². The van der Waals surface area contributed by atoms with E-state index in [0.717, 1.165) is 11.1 Å². The summed E-state index contributed by atoms with van der Waals surface area (Å²) in [5, 5.41) is 12.6. The molecular formula is C15H20ClNO3. The van der Waals surface area contributed by atoms with Crippen LogP contribution in [0.15, 0.2) is 18.2 Å². The molecule has 2 N–H and O–H groups in total. The highest BCUT2D eigenvalue weighted by Gasteiger charge is 2.36. The second kappa shape index (κ2) is 6.75. The SMILES string of the molecule is CCC(CC)(NC(=O)Cc1ccc(Cl)cc1C)C(=O)O. The van der Waals surface area contributed by atoms with E-state index in [1.54, 1.807) is 32.0 Å². The minimum atomic E-state index is -1.18. The summed E-state index contributed by atoms with van der Waals surface area (Å²) in [6.45, 7) is 5.38. The van der Waals surface area contributed by atoms with Gasteiger partial charge >= 0.3 is 5.97 Å². The van der Waals surface area contributed by atoms with Crippen LogP contribution in [0.3, 0.4) is 0 Å². The number of carboxylic acids is 1. The molecule has 0 aromatic heterocycles. The number of hydrogen-bond donors (Lipinski definition) is 2. The average molecular weight is 298 g/mol. The number of nitrogens with one attached hydrogen (secondary N) is 1. The molecule has 0 aliphatic rings. The van der Waals surface area contributed by atoms with E-state index in [1.807, 2.05) is 6.92 Å². The van der Waals surface area contributed by atoms with Gasteiger partial charge in [0.05, 0.1) is 6.42 Å². The van der Waals surface area contributed by atoms with Gasteiger partial charge in [0.2, 0.25) is 5.91 Å². The van der Waals surface area contributed by atoms with Crippen molar-refractivity contribution in [1.82, 2.24) is 5.32 Å². The summed E-state index contributed by atoms with van der Waals surface area (Å²) < 4.78 is 0. The van der Waals surface area contributed by atoms with Crippen molar-refractivity contribution in [3.63, 3.8) is 0 Å². The highest BCUT2D eigenvalue weighted by atomic mass is 35.5. The van der Waals surface area contributed by atoms with Crippen molar-refractivity contribution < 1.29 is 14.7 Å². The number of carbonyl (C=O) groups excluding carboxylic acids is 1. The Balaban J connectivity index is 2.83. The van der Waals surface area contributed by atoms with E-state index in [4.69, 9.17) is 11.6 Å². The van der Waals surface area contributed by atoms with Crippen LogP contribution < -0.4 is 5.32 Å². The van der Waals surface area contributed by atoms with Crippen molar-refractivity contribution >= 4 is 23.5 Å². The molecule has 0 radical (unpaired) electrons. The lowest BCUT2D eigenvalue weighted by molar-refractivity contribution is -0.148. The third-order valence-corrected chi connectivity index (χ3v) is 3.89. The van der Waals surface area contributed by atoms with Crippen molar-refractivity contribution in [1.29, 1.82) is 0 Å². The zero-order chi connectivity index (χ0) is 15.3. The number of amides is 1. The van der Waals surface area contributed by atoms with E-state index in [0.29, 0.717) is 17.9 Å². The Morgan fingerprint density at radius 2 is 1.90 bits per heavy atom. The summed E-state index contributed by atoms with van der Waals surface area (Å²) in [5.41, 5.74) is 0.581. The minimum absolute atomic E-state index is 0.151. The fourth-order valence-corrected chi connectivity index (χ4v) is 2.35. The van der Waals surface area contributed by atoms with Crippen molar-refractivity contribution in [3.05, 3.63) is 34.3 Å². The molecule has 0 unspecified atom stereocenters. The number of rotatable bonds is 6.